The zero-order valence-electron chi connectivity index (χ0n) is 10.5. The summed E-state index contributed by atoms with van der Waals surface area (Å²) >= 11 is 0. The molecule has 0 spiro atoms. The fraction of sp³-hybridized carbons (Fsp3) is 0.500. The highest BCUT2D eigenvalue weighted by molar-refractivity contribution is 5.41. The Morgan fingerprint density at radius 3 is 2.39 bits per heavy atom. The van der Waals surface area contributed by atoms with Gasteiger partial charge in [0, 0.05) is 0 Å². The second-order valence-electron chi connectivity index (χ2n) is 4.31. The maximum Gasteiger partial charge on any atom is 0.416 e. The van der Waals surface area contributed by atoms with Crippen molar-refractivity contribution in [3.8, 4) is 6.07 Å². The number of benzene rings is 1. The molecule has 0 radical (unpaired) electrons. The molecule has 1 atom stereocenters. The standard InChI is InChI=1S/C14H16F3N/c1-3-5-11(4-2)12-7-6-10(9-18)8-13(12)14(15,16)17/h6-8,11H,3-5H2,1-2H3. The van der Waals surface area contributed by atoms with Gasteiger partial charge in [0.2, 0.25) is 0 Å². The van der Waals surface area contributed by atoms with Gasteiger partial charge < -0.3 is 0 Å². The number of hydrogen-bond donors (Lipinski definition) is 0. The van der Waals surface area contributed by atoms with Crippen LogP contribution in [0.4, 0.5) is 13.2 Å². The molecule has 18 heavy (non-hydrogen) atoms. The van der Waals surface area contributed by atoms with Gasteiger partial charge in [-0.25, -0.2) is 0 Å². The Labute approximate surface area is 105 Å². The van der Waals surface area contributed by atoms with Gasteiger partial charge >= 0.3 is 6.18 Å². The highest BCUT2D eigenvalue weighted by Crippen LogP contribution is 2.38. The normalized spacial score (nSPS) is 13.1. The lowest BCUT2D eigenvalue weighted by atomic mass is 9.87. The number of halogens is 3. The predicted molar refractivity (Wildman–Crippen MR) is 64.1 cm³/mol. The quantitative estimate of drug-likeness (QED) is 0.752. The van der Waals surface area contributed by atoms with Gasteiger partial charge in [-0.1, -0.05) is 26.3 Å². The summed E-state index contributed by atoms with van der Waals surface area (Å²) in [6.07, 6.45) is -2.16. The molecule has 1 rings (SSSR count). The number of nitriles is 1. The van der Waals surface area contributed by atoms with Crippen molar-refractivity contribution in [2.24, 2.45) is 0 Å². The van der Waals surface area contributed by atoms with Crippen molar-refractivity contribution < 1.29 is 13.2 Å². The minimum atomic E-state index is -4.40. The minimum Gasteiger partial charge on any atom is -0.192 e. The van der Waals surface area contributed by atoms with Gasteiger partial charge in [0.05, 0.1) is 17.2 Å². The molecule has 1 aromatic rings. The lowest BCUT2D eigenvalue weighted by Gasteiger charge is -2.20. The summed E-state index contributed by atoms with van der Waals surface area (Å²) in [5.74, 6) is -0.0978. The van der Waals surface area contributed by atoms with Crippen LogP contribution in [0.3, 0.4) is 0 Å². The molecule has 1 unspecified atom stereocenters. The van der Waals surface area contributed by atoms with Crippen molar-refractivity contribution in [1.29, 1.82) is 5.26 Å². The van der Waals surface area contributed by atoms with Crippen LogP contribution in [-0.2, 0) is 6.18 Å². The van der Waals surface area contributed by atoms with Crippen LogP contribution < -0.4 is 0 Å². The first kappa shape index (κ1) is 14.6. The zero-order valence-corrected chi connectivity index (χ0v) is 10.5. The molecule has 0 aromatic heterocycles. The molecular formula is C14H16F3N. The number of hydrogen-bond acceptors (Lipinski definition) is 1. The summed E-state index contributed by atoms with van der Waals surface area (Å²) < 4.78 is 39.0. The smallest absolute Gasteiger partial charge is 0.192 e. The zero-order chi connectivity index (χ0) is 13.8. The fourth-order valence-corrected chi connectivity index (χ4v) is 2.16. The van der Waals surface area contributed by atoms with Crippen molar-refractivity contribution in [1.82, 2.24) is 0 Å². The average Bonchev–Trinajstić information content (AvgIpc) is 2.34. The summed E-state index contributed by atoms with van der Waals surface area (Å²) in [7, 11) is 0. The SMILES string of the molecule is CCCC(CC)c1ccc(C#N)cc1C(F)(F)F. The lowest BCUT2D eigenvalue weighted by molar-refractivity contribution is -0.138. The molecule has 0 N–H and O–H groups in total. The van der Waals surface area contributed by atoms with E-state index in [9.17, 15) is 13.2 Å². The van der Waals surface area contributed by atoms with Crippen molar-refractivity contribution in [3.63, 3.8) is 0 Å². The molecule has 0 fully saturated rings. The molecule has 0 aliphatic heterocycles. The van der Waals surface area contributed by atoms with Crippen molar-refractivity contribution in [2.45, 2.75) is 45.2 Å². The third-order valence-corrected chi connectivity index (χ3v) is 3.06. The molecule has 4 heteroatoms. The van der Waals surface area contributed by atoms with E-state index in [-0.39, 0.29) is 11.5 Å². The Balaban J connectivity index is 3.30. The molecule has 0 saturated carbocycles. The molecule has 98 valence electrons. The van der Waals surface area contributed by atoms with Gasteiger partial charge in [-0.15, -0.1) is 0 Å². The van der Waals surface area contributed by atoms with Crippen LogP contribution in [0.2, 0.25) is 0 Å². The minimum absolute atomic E-state index is 0.0532. The monoisotopic (exact) mass is 255 g/mol. The molecule has 0 heterocycles. The predicted octanol–water partition coefficient (Wildman–Crippen LogP) is 4.87. The maximum atomic E-state index is 13.0. The van der Waals surface area contributed by atoms with Gasteiger partial charge in [0.1, 0.15) is 0 Å². The van der Waals surface area contributed by atoms with Crippen LogP contribution in [-0.4, -0.2) is 0 Å². The van der Waals surface area contributed by atoms with E-state index in [4.69, 9.17) is 5.26 Å². The van der Waals surface area contributed by atoms with E-state index < -0.39 is 11.7 Å². The largest absolute Gasteiger partial charge is 0.416 e. The Kier molecular flexibility index (Phi) is 4.77. The summed E-state index contributed by atoms with van der Waals surface area (Å²) in [4.78, 5) is 0. The molecule has 0 aliphatic carbocycles. The summed E-state index contributed by atoms with van der Waals surface area (Å²) in [6, 6.07) is 5.62. The van der Waals surface area contributed by atoms with E-state index in [1.54, 1.807) is 6.07 Å². The first-order chi connectivity index (χ1) is 8.43. The third kappa shape index (κ3) is 3.25. The first-order valence-electron chi connectivity index (χ1n) is 6.05. The van der Waals surface area contributed by atoms with Crippen LogP contribution in [0, 0.1) is 11.3 Å². The molecule has 0 saturated heterocycles. The van der Waals surface area contributed by atoms with Crippen LogP contribution in [0.1, 0.15) is 55.7 Å². The van der Waals surface area contributed by atoms with Crippen molar-refractivity contribution >= 4 is 0 Å². The Hall–Kier alpha value is -1.50. The molecule has 1 aromatic carbocycles. The van der Waals surface area contributed by atoms with Gasteiger partial charge in [0.25, 0.3) is 0 Å². The third-order valence-electron chi connectivity index (χ3n) is 3.06. The summed E-state index contributed by atoms with van der Waals surface area (Å²) in [5, 5.41) is 8.70. The molecule has 0 bridgehead atoms. The van der Waals surface area contributed by atoms with E-state index in [2.05, 4.69) is 0 Å². The summed E-state index contributed by atoms with van der Waals surface area (Å²) in [5.41, 5.74) is -0.301. The van der Waals surface area contributed by atoms with Gasteiger partial charge in [-0.3, -0.25) is 0 Å². The topological polar surface area (TPSA) is 23.8 Å². The van der Waals surface area contributed by atoms with Crippen molar-refractivity contribution in [3.05, 3.63) is 34.9 Å². The first-order valence-corrected chi connectivity index (χ1v) is 6.05. The number of nitrogens with zero attached hydrogens (tertiary/aromatic N) is 1. The Bertz CT molecular complexity index is 443. The number of rotatable bonds is 4. The molecular weight excluding hydrogens is 239 g/mol. The second kappa shape index (κ2) is 5.90. The van der Waals surface area contributed by atoms with E-state index in [0.717, 1.165) is 18.9 Å². The Morgan fingerprint density at radius 2 is 1.94 bits per heavy atom. The molecule has 1 nitrogen and oxygen atoms in total. The van der Waals surface area contributed by atoms with E-state index in [0.29, 0.717) is 12.0 Å². The lowest BCUT2D eigenvalue weighted by Crippen LogP contribution is -2.12. The van der Waals surface area contributed by atoms with Gasteiger partial charge in [0.15, 0.2) is 0 Å². The van der Waals surface area contributed by atoms with Crippen LogP contribution in [0.15, 0.2) is 18.2 Å². The second-order valence-corrected chi connectivity index (χ2v) is 4.31. The van der Waals surface area contributed by atoms with Crippen LogP contribution in [0.5, 0.6) is 0 Å². The van der Waals surface area contributed by atoms with Gasteiger partial charge in [-0.2, -0.15) is 18.4 Å². The fourth-order valence-electron chi connectivity index (χ4n) is 2.16. The number of alkyl halides is 3. The van der Waals surface area contributed by atoms with Crippen LogP contribution in [0.25, 0.3) is 0 Å². The molecule has 0 aliphatic rings. The highest BCUT2D eigenvalue weighted by atomic mass is 19.4. The Morgan fingerprint density at radius 1 is 1.28 bits per heavy atom. The van der Waals surface area contributed by atoms with Crippen LogP contribution >= 0.6 is 0 Å². The van der Waals surface area contributed by atoms with E-state index in [1.165, 1.54) is 12.1 Å². The highest BCUT2D eigenvalue weighted by Gasteiger charge is 2.35. The summed E-state index contributed by atoms with van der Waals surface area (Å²) in [6.45, 7) is 3.85. The van der Waals surface area contributed by atoms with Crippen molar-refractivity contribution in [2.75, 3.05) is 0 Å². The molecule has 0 amide bonds. The van der Waals surface area contributed by atoms with E-state index >= 15 is 0 Å². The van der Waals surface area contributed by atoms with Gasteiger partial charge in [-0.05, 0) is 36.5 Å². The maximum absolute atomic E-state index is 13.0. The average molecular weight is 255 g/mol. The van der Waals surface area contributed by atoms with E-state index in [1.807, 2.05) is 13.8 Å².